The van der Waals surface area contributed by atoms with Gasteiger partial charge < -0.3 is 10.4 Å². The molecule has 1 heterocycles. The van der Waals surface area contributed by atoms with E-state index in [1.807, 2.05) is 0 Å². The number of hydrogen-bond donors (Lipinski definition) is 2. The summed E-state index contributed by atoms with van der Waals surface area (Å²) in [6.07, 6.45) is 1.35. The van der Waals surface area contributed by atoms with E-state index in [1.165, 1.54) is 0 Å². The number of anilines is 1. The molecule has 1 amide bonds. The maximum atomic E-state index is 12.0. The lowest BCUT2D eigenvalue weighted by atomic mass is 10.2. The largest absolute Gasteiger partial charge is 0.480 e. The number of carbonyl (C=O) groups is 2. The Morgan fingerprint density at radius 1 is 1.40 bits per heavy atom. The predicted molar refractivity (Wildman–Crippen MR) is 77.3 cm³/mol. The molecular formula is C13H14Cl2N2O3. The van der Waals surface area contributed by atoms with Crippen LogP contribution in [-0.2, 0) is 9.59 Å². The maximum absolute atomic E-state index is 12.0. The van der Waals surface area contributed by atoms with Crippen LogP contribution in [0.4, 0.5) is 5.69 Å². The van der Waals surface area contributed by atoms with Crippen LogP contribution in [0, 0.1) is 0 Å². The Morgan fingerprint density at radius 2 is 2.15 bits per heavy atom. The molecule has 0 spiro atoms. The van der Waals surface area contributed by atoms with Gasteiger partial charge in [-0.3, -0.25) is 14.5 Å². The number of halogens is 2. The highest BCUT2D eigenvalue weighted by Crippen LogP contribution is 2.25. The summed E-state index contributed by atoms with van der Waals surface area (Å²) < 4.78 is 0. The highest BCUT2D eigenvalue weighted by Gasteiger charge is 2.31. The quantitative estimate of drug-likeness (QED) is 0.895. The van der Waals surface area contributed by atoms with Crippen LogP contribution in [0.5, 0.6) is 0 Å². The second-order valence-electron chi connectivity index (χ2n) is 4.64. The third kappa shape index (κ3) is 3.62. The fourth-order valence-electron chi connectivity index (χ4n) is 2.26. The number of nitrogens with zero attached hydrogens (tertiary/aromatic N) is 1. The lowest BCUT2D eigenvalue weighted by Crippen LogP contribution is -2.40. The van der Waals surface area contributed by atoms with Crippen LogP contribution in [0.3, 0.4) is 0 Å². The van der Waals surface area contributed by atoms with E-state index in [4.69, 9.17) is 28.3 Å². The second-order valence-corrected chi connectivity index (χ2v) is 5.48. The molecule has 7 heteroatoms. The van der Waals surface area contributed by atoms with Gasteiger partial charge in [-0.2, -0.15) is 0 Å². The molecule has 0 aromatic heterocycles. The molecule has 108 valence electrons. The van der Waals surface area contributed by atoms with Crippen LogP contribution < -0.4 is 5.32 Å². The molecule has 1 aliphatic heterocycles. The zero-order chi connectivity index (χ0) is 14.7. The molecule has 1 atom stereocenters. The summed E-state index contributed by atoms with van der Waals surface area (Å²) in [6.45, 7) is 0.632. The van der Waals surface area contributed by atoms with Crippen molar-refractivity contribution in [2.45, 2.75) is 18.9 Å². The molecule has 1 aromatic carbocycles. The van der Waals surface area contributed by atoms with Gasteiger partial charge in [-0.05, 0) is 37.6 Å². The van der Waals surface area contributed by atoms with E-state index in [0.717, 1.165) is 6.42 Å². The van der Waals surface area contributed by atoms with Gasteiger partial charge in [0, 0.05) is 5.02 Å². The number of benzene rings is 1. The summed E-state index contributed by atoms with van der Waals surface area (Å²) in [6, 6.07) is 4.19. The summed E-state index contributed by atoms with van der Waals surface area (Å²) >= 11 is 11.8. The van der Waals surface area contributed by atoms with E-state index in [1.54, 1.807) is 23.1 Å². The molecule has 0 radical (unpaired) electrons. The molecule has 0 saturated carbocycles. The van der Waals surface area contributed by atoms with Gasteiger partial charge in [0.05, 0.1) is 17.3 Å². The van der Waals surface area contributed by atoms with E-state index < -0.39 is 12.0 Å². The Kier molecular flexibility index (Phi) is 4.86. The van der Waals surface area contributed by atoms with Gasteiger partial charge in [0.25, 0.3) is 0 Å². The molecular weight excluding hydrogens is 303 g/mol. The first-order valence-corrected chi connectivity index (χ1v) is 6.94. The molecule has 1 aliphatic rings. The molecule has 0 bridgehead atoms. The standard InChI is InChI=1S/C13H14Cl2N2O3/c14-8-3-4-9(15)10(6-8)16-12(18)7-17-5-1-2-11(17)13(19)20/h3-4,6,11H,1-2,5,7H2,(H,16,18)(H,19,20)/t11-/m0/s1. The third-order valence-corrected chi connectivity index (χ3v) is 3.76. The number of nitrogens with one attached hydrogen (secondary N) is 1. The van der Waals surface area contributed by atoms with Crippen LogP contribution >= 0.6 is 23.2 Å². The first kappa shape index (κ1) is 15.1. The van der Waals surface area contributed by atoms with Crippen molar-refractivity contribution in [3.63, 3.8) is 0 Å². The van der Waals surface area contributed by atoms with Crippen molar-refractivity contribution in [3.05, 3.63) is 28.2 Å². The van der Waals surface area contributed by atoms with E-state index in [2.05, 4.69) is 5.32 Å². The van der Waals surface area contributed by atoms with Gasteiger partial charge in [-0.1, -0.05) is 23.2 Å². The van der Waals surface area contributed by atoms with Gasteiger partial charge in [0.2, 0.25) is 5.91 Å². The first-order chi connectivity index (χ1) is 9.47. The molecule has 5 nitrogen and oxygen atoms in total. The first-order valence-electron chi connectivity index (χ1n) is 6.19. The Bertz CT molecular complexity index is 536. The summed E-state index contributed by atoms with van der Waals surface area (Å²) in [5.74, 6) is -1.20. The topological polar surface area (TPSA) is 69.6 Å². The summed E-state index contributed by atoms with van der Waals surface area (Å²) in [7, 11) is 0. The maximum Gasteiger partial charge on any atom is 0.320 e. The minimum absolute atomic E-state index is 0.0276. The highest BCUT2D eigenvalue weighted by atomic mass is 35.5. The van der Waals surface area contributed by atoms with Crippen molar-refractivity contribution in [3.8, 4) is 0 Å². The van der Waals surface area contributed by atoms with Crippen molar-refractivity contribution < 1.29 is 14.7 Å². The lowest BCUT2D eigenvalue weighted by molar-refractivity contribution is -0.142. The number of amides is 1. The molecule has 1 fully saturated rings. The van der Waals surface area contributed by atoms with Crippen LogP contribution in [0.25, 0.3) is 0 Å². The molecule has 1 aromatic rings. The van der Waals surface area contributed by atoms with Crippen LogP contribution in [0.15, 0.2) is 18.2 Å². The molecule has 2 N–H and O–H groups in total. The van der Waals surface area contributed by atoms with Crippen molar-refractivity contribution >= 4 is 40.8 Å². The number of carboxylic acids is 1. The van der Waals surface area contributed by atoms with Crippen LogP contribution in [0.1, 0.15) is 12.8 Å². The number of rotatable bonds is 4. The summed E-state index contributed by atoms with van der Waals surface area (Å²) in [5, 5.41) is 12.6. The smallest absolute Gasteiger partial charge is 0.320 e. The van der Waals surface area contributed by atoms with E-state index >= 15 is 0 Å². The van der Waals surface area contributed by atoms with Gasteiger partial charge in [-0.25, -0.2) is 0 Å². The molecule has 0 unspecified atom stereocenters. The second kappa shape index (κ2) is 6.43. The summed E-state index contributed by atoms with van der Waals surface area (Å²) in [5.41, 5.74) is 0.426. The predicted octanol–water partition coefficient (Wildman–Crippen LogP) is 2.48. The number of carbonyl (C=O) groups excluding carboxylic acids is 1. The minimum Gasteiger partial charge on any atom is -0.480 e. The Labute approximate surface area is 126 Å². The average Bonchev–Trinajstić information content (AvgIpc) is 2.82. The monoisotopic (exact) mass is 316 g/mol. The Balaban J connectivity index is 1.99. The Morgan fingerprint density at radius 3 is 2.85 bits per heavy atom. The lowest BCUT2D eigenvalue weighted by Gasteiger charge is -2.20. The molecule has 1 saturated heterocycles. The van der Waals surface area contributed by atoms with Crippen molar-refractivity contribution in [2.75, 3.05) is 18.4 Å². The van der Waals surface area contributed by atoms with Crippen LogP contribution in [-0.4, -0.2) is 41.0 Å². The highest BCUT2D eigenvalue weighted by molar-refractivity contribution is 6.35. The van der Waals surface area contributed by atoms with E-state index in [-0.39, 0.29) is 12.5 Å². The SMILES string of the molecule is O=C(CN1CCC[C@H]1C(=O)O)Nc1cc(Cl)ccc1Cl. The molecule has 0 aliphatic carbocycles. The van der Waals surface area contributed by atoms with E-state index in [9.17, 15) is 9.59 Å². The average molecular weight is 317 g/mol. The fraction of sp³-hybridized carbons (Fsp3) is 0.385. The fourth-order valence-corrected chi connectivity index (χ4v) is 2.60. The van der Waals surface area contributed by atoms with Crippen molar-refractivity contribution in [2.24, 2.45) is 0 Å². The summed E-state index contributed by atoms with van der Waals surface area (Å²) in [4.78, 5) is 24.6. The number of aliphatic carboxylic acids is 1. The number of hydrogen-bond acceptors (Lipinski definition) is 3. The third-order valence-electron chi connectivity index (χ3n) is 3.20. The molecule has 2 rings (SSSR count). The number of likely N-dealkylation sites (tertiary alicyclic amines) is 1. The van der Waals surface area contributed by atoms with E-state index in [0.29, 0.717) is 28.7 Å². The van der Waals surface area contributed by atoms with Crippen molar-refractivity contribution in [1.82, 2.24) is 4.90 Å². The normalized spacial score (nSPS) is 19.0. The Hall–Kier alpha value is -1.30. The zero-order valence-corrected chi connectivity index (χ0v) is 12.1. The van der Waals surface area contributed by atoms with Gasteiger partial charge >= 0.3 is 5.97 Å². The minimum atomic E-state index is -0.893. The van der Waals surface area contributed by atoms with Crippen molar-refractivity contribution in [1.29, 1.82) is 0 Å². The number of carboxylic acid groups (broad SMARTS) is 1. The van der Waals surface area contributed by atoms with Gasteiger partial charge in [0.15, 0.2) is 0 Å². The van der Waals surface area contributed by atoms with Gasteiger partial charge in [0.1, 0.15) is 6.04 Å². The zero-order valence-electron chi connectivity index (χ0n) is 10.6. The molecule has 20 heavy (non-hydrogen) atoms. The van der Waals surface area contributed by atoms with Gasteiger partial charge in [-0.15, -0.1) is 0 Å². The van der Waals surface area contributed by atoms with Crippen LogP contribution in [0.2, 0.25) is 10.0 Å².